The van der Waals surface area contributed by atoms with Crippen LogP contribution in [0.15, 0.2) is 39.2 Å². The van der Waals surface area contributed by atoms with Crippen LogP contribution in [0.2, 0.25) is 0 Å². The second-order valence-corrected chi connectivity index (χ2v) is 5.74. The monoisotopic (exact) mass is 315 g/mol. The fraction of sp³-hybridized carbons (Fsp3) is 0.188. The highest BCUT2D eigenvalue weighted by molar-refractivity contribution is 9.10. The maximum absolute atomic E-state index is 5.86. The number of aryl methyl sites for hydroxylation is 3. The van der Waals surface area contributed by atoms with Gasteiger partial charge in [-0.25, -0.2) is 4.98 Å². The minimum atomic E-state index is 0.676. The molecule has 0 atom stereocenters. The van der Waals surface area contributed by atoms with Crippen LogP contribution in [0.5, 0.6) is 0 Å². The Morgan fingerprint density at radius 1 is 0.947 bits per heavy atom. The van der Waals surface area contributed by atoms with E-state index in [1.165, 1.54) is 16.7 Å². The van der Waals surface area contributed by atoms with Crippen LogP contribution in [0, 0.1) is 20.8 Å². The molecule has 2 nitrogen and oxygen atoms in total. The minimum absolute atomic E-state index is 0.676. The van der Waals surface area contributed by atoms with Gasteiger partial charge in [-0.15, -0.1) is 0 Å². The van der Waals surface area contributed by atoms with Gasteiger partial charge in [0.25, 0.3) is 0 Å². The van der Waals surface area contributed by atoms with Gasteiger partial charge < -0.3 is 4.42 Å². The van der Waals surface area contributed by atoms with E-state index in [2.05, 4.69) is 53.8 Å². The second kappa shape index (κ2) is 4.49. The number of aromatic nitrogens is 1. The van der Waals surface area contributed by atoms with Crippen LogP contribution in [0.1, 0.15) is 16.7 Å². The first kappa shape index (κ1) is 12.4. The fourth-order valence-corrected chi connectivity index (χ4v) is 2.33. The first-order valence-electron chi connectivity index (χ1n) is 6.19. The van der Waals surface area contributed by atoms with Crippen LogP contribution >= 0.6 is 15.9 Å². The average molecular weight is 316 g/mol. The van der Waals surface area contributed by atoms with Crippen molar-refractivity contribution in [1.82, 2.24) is 4.98 Å². The lowest BCUT2D eigenvalue weighted by Crippen LogP contribution is -1.81. The van der Waals surface area contributed by atoms with E-state index in [0.29, 0.717) is 5.89 Å². The molecule has 0 N–H and O–H groups in total. The average Bonchev–Trinajstić information content (AvgIpc) is 2.76. The van der Waals surface area contributed by atoms with Crippen LogP contribution in [0.25, 0.3) is 22.6 Å². The molecule has 0 saturated carbocycles. The molecule has 1 aromatic heterocycles. The highest BCUT2D eigenvalue weighted by Gasteiger charge is 2.10. The Morgan fingerprint density at radius 2 is 1.68 bits per heavy atom. The van der Waals surface area contributed by atoms with Crippen molar-refractivity contribution >= 4 is 27.0 Å². The zero-order chi connectivity index (χ0) is 13.6. The van der Waals surface area contributed by atoms with E-state index in [-0.39, 0.29) is 0 Å². The summed E-state index contributed by atoms with van der Waals surface area (Å²) < 4.78 is 6.95. The number of fused-ring (bicyclic) bond motifs is 1. The number of hydrogen-bond donors (Lipinski definition) is 0. The molecule has 0 fully saturated rings. The largest absolute Gasteiger partial charge is 0.436 e. The Morgan fingerprint density at radius 3 is 2.42 bits per heavy atom. The third-order valence-corrected chi connectivity index (χ3v) is 4.30. The van der Waals surface area contributed by atoms with Crippen molar-refractivity contribution < 1.29 is 4.42 Å². The van der Waals surface area contributed by atoms with E-state index in [0.717, 1.165) is 21.1 Å². The molecule has 0 saturated heterocycles. The SMILES string of the molecule is Cc1cc2nc(-c3ccc(Br)c(C)c3)oc2cc1C. The highest BCUT2D eigenvalue weighted by atomic mass is 79.9. The zero-order valence-corrected chi connectivity index (χ0v) is 12.7. The van der Waals surface area contributed by atoms with Gasteiger partial charge in [-0.1, -0.05) is 15.9 Å². The van der Waals surface area contributed by atoms with Crippen molar-refractivity contribution in [3.8, 4) is 11.5 Å². The molecule has 3 rings (SSSR count). The van der Waals surface area contributed by atoms with Gasteiger partial charge in [0.2, 0.25) is 5.89 Å². The van der Waals surface area contributed by atoms with Gasteiger partial charge in [0, 0.05) is 10.0 Å². The molecule has 0 spiro atoms. The second-order valence-electron chi connectivity index (χ2n) is 4.89. The molecule has 0 bridgehead atoms. The maximum atomic E-state index is 5.86. The minimum Gasteiger partial charge on any atom is -0.436 e. The van der Waals surface area contributed by atoms with E-state index in [1.54, 1.807) is 0 Å². The van der Waals surface area contributed by atoms with E-state index >= 15 is 0 Å². The first-order chi connectivity index (χ1) is 9.04. The van der Waals surface area contributed by atoms with Crippen LogP contribution < -0.4 is 0 Å². The van der Waals surface area contributed by atoms with Gasteiger partial charge in [-0.3, -0.25) is 0 Å². The summed E-state index contributed by atoms with van der Waals surface area (Å²) in [7, 11) is 0. The molecule has 0 unspecified atom stereocenters. The third kappa shape index (κ3) is 2.19. The van der Waals surface area contributed by atoms with Crippen molar-refractivity contribution in [3.05, 3.63) is 51.5 Å². The summed E-state index contributed by atoms with van der Waals surface area (Å²) in [6.07, 6.45) is 0. The van der Waals surface area contributed by atoms with Gasteiger partial charge in [0.05, 0.1) is 0 Å². The van der Waals surface area contributed by atoms with E-state index < -0.39 is 0 Å². The number of hydrogen-bond acceptors (Lipinski definition) is 2. The molecular weight excluding hydrogens is 302 g/mol. The molecule has 2 aromatic carbocycles. The maximum Gasteiger partial charge on any atom is 0.227 e. The predicted octanol–water partition coefficient (Wildman–Crippen LogP) is 5.18. The summed E-state index contributed by atoms with van der Waals surface area (Å²) in [5, 5.41) is 0. The van der Waals surface area contributed by atoms with Crippen LogP contribution in [-0.4, -0.2) is 4.98 Å². The molecule has 0 aliphatic rings. The van der Waals surface area contributed by atoms with Crippen LogP contribution in [0.4, 0.5) is 0 Å². The Kier molecular flexibility index (Phi) is 2.94. The molecule has 1 heterocycles. The first-order valence-corrected chi connectivity index (χ1v) is 6.98. The summed E-state index contributed by atoms with van der Waals surface area (Å²) in [6, 6.07) is 10.2. The van der Waals surface area contributed by atoms with Crippen molar-refractivity contribution in [1.29, 1.82) is 0 Å². The van der Waals surface area contributed by atoms with Crippen molar-refractivity contribution in [2.45, 2.75) is 20.8 Å². The highest BCUT2D eigenvalue weighted by Crippen LogP contribution is 2.28. The number of rotatable bonds is 1. The van der Waals surface area contributed by atoms with Gasteiger partial charge in [0.15, 0.2) is 5.58 Å². The van der Waals surface area contributed by atoms with E-state index in [9.17, 15) is 0 Å². The molecule has 0 aliphatic heterocycles. The van der Waals surface area contributed by atoms with E-state index in [1.807, 2.05) is 18.2 Å². The van der Waals surface area contributed by atoms with Crippen molar-refractivity contribution in [2.75, 3.05) is 0 Å². The zero-order valence-electron chi connectivity index (χ0n) is 11.1. The molecule has 0 radical (unpaired) electrons. The summed E-state index contributed by atoms with van der Waals surface area (Å²) >= 11 is 3.50. The van der Waals surface area contributed by atoms with Gasteiger partial charge in [-0.2, -0.15) is 0 Å². The molecule has 19 heavy (non-hydrogen) atoms. The summed E-state index contributed by atoms with van der Waals surface area (Å²) in [6.45, 7) is 6.23. The Hall–Kier alpha value is -1.61. The predicted molar refractivity (Wildman–Crippen MR) is 81.4 cm³/mol. The fourth-order valence-electron chi connectivity index (χ4n) is 2.08. The standard InChI is InChI=1S/C16H14BrNO/c1-9-7-14-15(8-10(9)2)19-16(18-14)12-4-5-13(17)11(3)6-12/h4-8H,1-3H3. The number of nitrogens with zero attached hydrogens (tertiary/aromatic N) is 1. The number of benzene rings is 2. The smallest absolute Gasteiger partial charge is 0.227 e. The Balaban J connectivity index is 2.17. The van der Waals surface area contributed by atoms with Gasteiger partial charge >= 0.3 is 0 Å². The molecule has 0 amide bonds. The van der Waals surface area contributed by atoms with Crippen molar-refractivity contribution in [2.24, 2.45) is 0 Å². The normalized spacial score (nSPS) is 11.2. The molecule has 3 heteroatoms. The number of oxazole rings is 1. The van der Waals surface area contributed by atoms with Gasteiger partial charge in [0.1, 0.15) is 5.52 Å². The molecule has 96 valence electrons. The lowest BCUT2D eigenvalue weighted by atomic mass is 10.1. The summed E-state index contributed by atoms with van der Waals surface area (Å²) in [5.41, 5.74) is 6.40. The molecule has 0 aliphatic carbocycles. The third-order valence-electron chi connectivity index (χ3n) is 3.41. The molecular formula is C16H14BrNO. The lowest BCUT2D eigenvalue weighted by Gasteiger charge is -1.99. The number of halogens is 1. The van der Waals surface area contributed by atoms with Gasteiger partial charge in [-0.05, 0) is 67.8 Å². The Labute approximate surface area is 120 Å². The van der Waals surface area contributed by atoms with E-state index in [4.69, 9.17) is 4.42 Å². The van der Waals surface area contributed by atoms with Crippen LogP contribution in [0.3, 0.4) is 0 Å². The quantitative estimate of drug-likeness (QED) is 0.618. The lowest BCUT2D eigenvalue weighted by molar-refractivity contribution is 0.619. The van der Waals surface area contributed by atoms with Crippen LogP contribution in [-0.2, 0) is 0 Å². The topological polar surface area (TPSA) is 26.0 Å². The van der Waals surface area contributed by atoms with Crippen molar-refractivity contribution in [3.63, 3.8) is 0 Å². The summed E-state index contributed by atoms with van der Waals surface area (Å²) in [5.74, 6) is 0.676. The summed E-state index contributed by atoms with van der Waals surface area (Å²) in [4.78, 5) is 4.57. The Bertz CT molecular complexity index is 735. The molecule has 3 aromatic rings.